The van der Waals surface area contributed by atoms with Gasteiger partial charge in [0, 0.05) is 7.05 Å². The van der Waals surface area contributed by atoms with Crippen LogP contribution in [0.5, 0.6) is 0 Å². The molecule has 0 aromatic carbocycles. The van der Waals surface area contributed by atoms with E-state index < -0.39 is 0 Å². The molecular formula is C4H8N2O2. The number of hydrogen-bond donors (Lipinski definition) is 1. The van der Waals surface area contributed by atoms with Crippen molar-refractivity contribution in [1.29, 1.82) is 0 Å². The van der Waals surface area contributed by atoms with Crippen molar-refractivity contribution < 1.29 is 9.59 Å². The summed E-state index contributed by atoms with van der Waals surface area (Å²) in [6.07, 6.45) is 1.18. The molecule has 0 spiro atoms. The highest BCUT2D eigenvalue weighted by Gasteiger charge is 1.85. The SMILES string of the molecule is CN(C=O)CNC=O. The van der Waals surface area contributed by atoms with Crippen LogP contribution in [0.4, 0.5) is 0 Å². The first-order chi connectivity index (χ1) is 3.81. The Morgan fingerprint density at radius 1 is 1.62 bits per heavy atom. The minimum atomic E-state index is 0.271. The first-order valence-corrected chi connectivity index (χ1v) is 2.14. The van der Waals surface area contributed by atoms with Crippen LogP contribution in [0.1, 0.15) is 0 Å². The number of rotatable bonds is 4. The van der Waals surface area contributed by atoms with Crippen LogP contribution in [0.25, 0.3) is 0 Å². The summed E-state index contributed by atoms with van der Waals surface area (Å²) in [5.74, 6) is 0. The summed E-state index contributed by atoms with van der Waals surface area (Å²) >= 11 is 0. The number of nitrogens with one attached hydrogen (secondary N) is 1. The molecule has 4 nitrogen and oxygen atoms in total. The zero-order valence-electron chi connectivity index (χ0n) is 4.63. The Morgan fingerprint density at radius 2 is 2.25 bits per heavy atom. The van der Waals surface area contributed by atoms with Gasteiger partial charge in [-0.05, 0) is 0 Å². The van der Waals surface area contributed by atoms with Gasteiger partial charge in [0.05, 0.1) is 6.67 Å². The Kier molecular flexibility index (Phi) is 3.56. The Hall–Kier alpha value is -1.06. The molecule has 0 fully saturated rings. The van der Waals surface area contributed by atoms with Crippen LogP contribution < -0.4 is 5.32 Å². The van der Waals surface area contributed by atoms with Crippen LogP contribution in [-0.2, 0) is 9.59 Å². The van der Waals surface area contributed by atoms with E-state index in [2.05, 4.69) is 5.32 Å². The molecule has 4 heteroatoms. The quantitative estimate of drug-likeness (QED) is 0.369. The van der Waals surface area contributed by atoms with Crippen molar-refractivity contribution in [2.45, 2.75) is 0 Å². The van der Waals surface area contributed by atoms with Crippen LogP contribution in [0, 0.1) is 0 Å². The van der Waals surface area contributed by atoms with Crippen LogP contribution in [-0.4, -0.2) is 31.4 Å². The molecule has 0 atom stereocenters. The van der Waals surface area contributed by atoms with E-state index in [-0.39, 0.29) is 6.67 Å². The molecule has 0 saturated heterocycles. The van der Waals surface area contributed by atoms with Gasteiger partial charge in [-0.15, -0.1) is 0 Å². The van der Waals surface area contributed by atoms with E-state index in [9.17, 15) is 9.59 Å². The summed E-state index contributed by atoms with van der Waals surface area (Å²) in [5, 5.41) is 2.31. The van der Waals surface area contributed by atoms with Crippen LogP contribution >= 0.6 is 0 Å². The first-order valence-electron chi connectivity index (χ1n) is 2.14. The molecule has 0 radical (unpaired) electrons. The molecule has 0 aromatic rings. The lowest BCUT2D eigenvalue weighted by Crippen LogP contribution is -2.28. The fourth-order valence-electron chi connectivity index (χ4n) is 0.219. The third-order valence-corrected chi connectivity index (χ3v) is 0.604. The van der Waals surface area contributed by atoms with E-state index in [1.54, 1.807) is 7.05 Å². The molecular weight excluding hydrogens is 108 g/mol. The van der Waals surface area contributed by atoms with E-state index in [0.717, 1.165) is 0 Å². The molecule has 0 saturated carbocycles. The van der Waals surface area contributed by atoms with Gasteiger partial charge in [-0.25, -0.2) is 0 Å². The molecule has 8 heavy (non-hydrogen) atoms. The standard InChI is InChI=1S/C4H8N2O2/c1-6(4-8)2-5-3-7/h3-4H,2H2,1H3,(H,5,7). The zero-order chi connectivity index (χ0) is 6.41. The Bertz CT molecular complexity index is 84.1. The average molecular weight is 116 g/mol. The van der Waals surface area contributed by atoms with Gasteiger partial charge in [0.1, 0.15) is 0 Å². The maximum atomic E-state index is 9.78. The average Bonchev–Trinajstić information content (AvgIpc) is 1.83. The van der Waals surface area contributed by atoms with Crippen molar-refractivity contribution in [2.24, 2.45) is 0 Å². The Labute approximate surface area is 47.5 Å². The van der Waals surface area contributed by atoms with Gasteiger partial charge in [0.2, 0.25) is 12.8 Å². The highest BCUT2D eigenvalue weighted by atomic mass is 16.1. The third kappa shape index (κ3) is 3.14. The molecule has 0 unspecified atom stereocenters. The van der Waals surface area contributed by atoms with Crippen molar-refractivity contribution in [3.63, 3.8) is 0 Å². The lowest BCUT2D eigenvalue weighted by molar-refractivity contribution is -0.118. The van der Waals surface area contributed by atoms with E-state index >= 15 is 0 Å². The van der Waals surface area contributed by atoms with Gasteiger partial charge in [0.15, 0.2) is 0 Å². The molecule has 0 aromatic heterocycles. The maximum Gasteiger partial charge on any atom is 0.210 e. The summed E-state index contributed by atoms with van der Waals surface area (Å²) in [6.45, 7) is 0.271. The van der Waals surface area contributed by atoms with E-state index in [0.29, 0.717) is 12.8 Å². The summed E-state index contributed by atoms with van der Waals surface area (Å²) in [5.41, 5.74) is 0. The number of carbonyl (C=O) groups excluding carboxylic acids is 2. The molecule has 2 amide bonds. The second-order valence-electron chi connectivity index (χ2n) is 1.34. The zero-order valence-corrected chi connectivity index (χ0v) is 4.63. The first kappa shape index (κ1) is 6.94. The topological polar surface area (TPSA) is 49.4 Å². The minimum Gasteiger partial charge on any atom is -0.341 e. The molecule has 46 valence electrons. The minimum absolute atomic E-state index is 0.271. The molecule has 0 aliphatic rings. The predicted octanol–water partition coefficient (Wildman–Crippen LogP) is -1.22. The van der Waals surface area contributed by atoms with Crippen molar-refractivity contribution in [3.05, 3.63) is 0 Å². The Morgan fingerprint density at radius 3 is 2.62 bits per heavy atom. The van der Waals surface area contributed by atoms with Gasteiger partial charge >= 0.3 is 0 Å². The lowest BCUT2D eigenvalue weighted by atomic mass is 10.8. The van der Waals surface area contributed by atoms with Gasteiger partial charge < -0.3 is 10.2 Å². The molecule has 0 rings (SSSR count). The van der Waals surface area contributed by atoms with Crippen molar-refractivity contribution in [1.82, 2.24) is 10.2 Å². The molecule has 0 aliphatic carbocycles. The highest BCUT2D eigenvalue weighted by molar-refractivity contribution is 5.49. The van der Waals surface area contributed by atoms with Crippen LogP contribution in [0.15, 0.2) is 0 Å². The predicted molar refractivity (Wildman–Crippen MR) is 27.9 cm³/mol. The van der Waals surface area contributed by atoms with Crippen molar-refractivity contribution in [3.8, 4) is 0 Å². The molecule has 0 heterocycles. The number of carbonyl (C=O) groups is 2. The summed E-state index contributed by atoms with van der Waals surface area (Å²) in [7, 11) is 1.57. The van der Waals surface area contributed by atoms with Gasteiger partial charge in [-0.3, -0.25) is 9.59 Å². The monoisotopic (exact) mass is 116 g/mol. The molecule has 0 aliphatic heterocycles. The van der Waals surface area contributed by atoms with E-state index in [1.165, 1.54) is 4.90 Å². The van der Waals surface area contributed by atoms with Crippen molar-refractivity contribution >= 4 is 12.8 Å². The second kappa shape index (κ2) is 4.11. The maximum absolute atomic E-state index is 9.78. The van der Waals surface area contributed by atoms with Crippen LogP contribution in [0.2, 0.25) is 0 Å². The third-order valence-electron chi connectivity index (χ3n) is 0.604. The van der Waals surface area contributed by atoms with Crippen molar-refractivity contribution in [2.75, 3.05) is 13.7 Å². The number of amides is 2. The summed E-state index contributed by atoms with van der Waals surface area (Å²) in [6, 6.07) is 0. The number of hydrogen-bond acceptors (Lipinski definition) is 2. The Balaban J connectivity index is 3.09. The smallest absolute Gasteiger partial charge is 0.210 e. The van der Waals surface area contributed by atoms with E-state index in [1.807, 2.05) is 0 Å². The normalized spacial score (nSPS) is 7.62. The molecule has 0 bridgehead atoms. The van der Waals surface area contributed by atoms with E-state index in [4.69, 9.17) is 0 Å². The second-order valence-corrected chi connectivity index (χ2v) is 1.34. The summed E-state index contributed by atoms with van der Waals surface area (Å²) in [4.78, 5) is 20.7. The largest absolute Gasteiger partial charge is 0.341 e. The van der Waals surface area contributed by atoms with Gasteiger partial charge in [-0.1, -0.05) is 0 Å². The molecule has 1 N–H and O–H groups in total. The van der Waals surface area contributed by atoms with Gasteiger partial charge in [0.25, 0.3) is 0 Å². The lowest BCUT2D eigenvalue weighted by Gasteiger charge is -2.06. The summed E-state index contributed by atoms with van der Waals surface area (Å²) < 4.78 is 0. The highest BCUT2D eigenvalue weighted by Crippen LogP contribution is 1.64. The number of nitrogens with zero attached hydrogens (tertiary/aromatic N) is 1. The van der Waals surface area contributed by atoms with Crippen LogP contribution in [0.3, 0.4) is 0 Å². The van der Waals surface area contributed by atoms with Gasteiger partial charge in [-0.2, -0.15) is 0 Å². The fourth-order valence-corrected chi connectivity index (χ4v) is 0.219. The fraction of sp³-hybridized carbons (Fsp3) is 0.500.